The molecule has 0 saturated carbocycles. The van der Waals surface area contributed by atoms with Gasteiger partial charge in [0.2, 0.25) is 0 Å². The van der Waals surface area contributed by atoms with Gasteiger partial charge in [-0.05, 0) is 24.3 Å². The van der Waals surface area contributed by atoms with Gasteiger partial charge in [0.25, 0.3) is 0 Å². The highest BCUT2D eigenvalue weighted by Crippen LogP contribution is 2.29. The lowest BCUT2D eigenvalue weighted by Crippen LogP contribution is -1.75. The van der Waals surface area contributed by atoms with E-state index in [1.54, 1.807) is 18.3 Å². The van der Waals surface area contributed by atoms with Crippen molar-refractivity contribution in [3.05, 3.63) is 42.3 Å². The van der Waals surface area contributed by atoms with E-state index in [4.69, 9.17) is 8.94 Å². The lowest BCUT2D eigenvalue weighted by Gasteiger charge is -1.96. The van der Waals surface area contributed by atoms with Gasteiger partial charge in [0.1, 0.15) is 5.76 Å². The maximum atomic E-state index is 10.5. The largest absolute Gasteiger partial charge is 0.453 e. The lowest BCUT2D eigenvalue weighted by atomic mass is 10.1. The quantitative estimate of drug-likeness (QED) is 0.614. The third kappa shape index (κ3) is 1.24. The van der Waals surface area contributed by atoms with Gasteiger partial charge in [0, 0.05) is 5.39 Å². The number of hydrogen-bond donors (Lipinski definition) is 0. The Morgan fingerprint density at radius 2 is 2.12 bits per heavy atom. The predicted molar refractivity (Wildman–Crippen MR) is 57.1 cm³/mol. The number of nitrogens with zero attached hydrogens (tertiary/aromatic N) is 1. The van der Waals surface area contributed by atoms with E-state index in [1.165, 1.54) is 0 Å². The van der Waals surface area contributed by atoms with E-state index in [0.29, 0.717) is 23.4 Å². The van der Waals surface area contributed by atoms with Gasteiger partial charge < -0.3 is 8.94 Å². The summed E-state index contributed by atoms with van der Waals surface area (Å²) in [6.45, 7) is 0. The Hall–Kier alpha value is -2.36. The monoisotopic (exact) mass is 213 g/mol. The van der Waals surface area contributed by atoms with Crippen LogP contribution in [0.5, 0.6) is 0 Å². The molecule has 0 aliphatic heterocycles. The molecule has 0 atom stereocenters. The molecular formula is C12H7NO3. The summed E-state index contributed by atoms with van der Waals surface area (Å²) in [5, 5.41) is 4.63. The third-order valence-electron chi connectivity index (χ3n) is 2.39. The fourth-order valence-corrected chi connectivity index (χ4v) is 1.65. The van der Waals surface area contributed by atoms with Gasteiger partial charge in [-0.25, -0.2) is 0 Å². The SMILES string of the molecule is O=Cc1ccc(-c2cccc3cnoc23)o1. The molecule has 2 aromatic heterocycles. The first-order chi connectivity index (χ1) is 7.88. The molecule has 0 amide bonds. The van der Waals surface area contributed by atoms with Crippen molar-refractivity contribution >= 4 is 17.3 Å². The fourth-order valence-electron chi connectivity index (χ4n) is 1.65. The average molecular weight is 213 g/mol. The standard InChI is InChI=1S/C12H7NO3/c14-7-9-4-5-11(15-9)10-3-1-2-8-6-13-16-12(8)10/h1-7H. The molecule has 3 rings (SSSR count). The van der Waals surface area contributed by atoms with Crippen LogP contribution in [-0.4, -0.2) is 11.4 Å². The lowest BCUT2D eigenvalue weighted by molar-refractivity contribution is 0.110. The highest BCUT2D eigenvalue weighted by atomic mass is 16.5. The number of hydrogen-bond acceptors (Lipinski definition) is 4. The van der Waals surface area contributed by atoms with Crippen molar-refractivity contribution < 1.29 is 13.7 Å². The predicted octanol–water partition coefficient (Wildman–Crippen LogP) is 2.90. The molecule has 16 heavy (non-hydrogen) atoms. The van der Waals surface area contributed by atoms with Crippen molar-refractivity contribution in [2.75, 3.05) is 0 Å². The fraction of sp³-hybridized carbons (Fsp3) is 0. The Balaban J connectivity index is 2.24. The van der Waals surface area contributed by atoms with Crippen molar-refractivity contribution in [1.82, 2.24) is 5.16 Å². The zero-order valence-electron chi connectivity index (χ0n) is 8.21. The Kier molecular flexibility index (Phi) is 1.86. The summed E-state index contributed by atoms with van der Waals surface area (Å²) in [6.07, 6.45) is 2.31. The van der Waals surface area contributed by atoms with E-state index in [0.717, 1.165) is 10.9 Å². The summed E-state index contributed by atoms with van der Waals surface area (Å²) in [6, 6.07) is 9.01. The van der Waals surface area contributed by atoms with Crippen LogP contribution in [0.4, 0.5) is 0 Å². The van der Waals surface area contributed by atoms with Gasteiger partial charge in [-0.15, -0.1) is 0 Å². The van der Waals surface area contributed by atoms with Crippen molar-refractivity contribution in [1.29, 1.82) is 0 Å². The number of aldehydes is 1. The number of carbonyl (C=O) groups is 1. The Morgan fingerprint density at radius 1 is 1.19 bits per heavy atom. The normalized spacial score (nSPS) is 10.8. The van der Waals surface area contributed by atoms with Gasteiger partial charge in [-0.3, -0.25) is 4.79 Å². The van der Waals surface area contributed by atoms with Crippen LogP contribution in [0.15, 0.2) is 45.5 Å². The number of benzene rings is 1. The van der Waals surface area contributed by atoms with Crippen LogP contribution in [0.3, 0.4) is 0 Å². The number of carbonyl (C=O) groups excluding carboxylic acids is 1. The number of fused-ring (bicyclic) bond motifs is 1. The number of rotatable bonds is 2. The Morgan fingerprint density at radius 3 is 2.94 bits per heavy atom. The summed E-state index contributed by atoms with van der Waals surface area (Å²) in [5.74, 6) is 0.899. The van der Waals surface area contributed by atoms with Gasteiger partial charge in [0.15, 0.2) is 17.6 Å². The second-order valence-electron chi connectivity index (χ2n) is 3.37. The van der Waals surface area contributed by atoms with Crippen molar-refractivity contribution in [3.63, 3.8) is 0 Å². The molecule has 0 fully saturated rings. The number of furan rings is 1. The minimum absolute atomic E-state index is 0.298. The molecule has 0 saturated heterocycles. The number of para-hydroxylation sites is 1. The van der Waals surface area contributed by atoms with E-state index in [9.17, 15) is 4.79 Å². The summed E-state index contributed by atoms with van der Waals surface area (Å²) in [4.78, 5) is 10.5. The van der Waals surface area contributed by atoms with Gasteiger partial charge in [0.05, 0.1) is 11.8 Å². The van der Waals surface area contributed by atoms with E-state index in [2.05, 4.69) is 5.16 Å². The minimum atomic E-state index is 0.298. The van der Waals surface area contributed by atoms with Crippen molar-refractivity contribution in [2.45, 2.75) is 0 Å². The first kappa shape index (κ1) is 8.91. The van der Waals surface area contributed by atoms with Crippen LogP contribution in [-0.2, 0) is 0 Å². The summed E-state index contributed by atoms with van der Waals surface area (Å²) in [7, 11) is 0. The minimum Gasteiger partial charge on any atom is -0.453 e. The molecule has 4 heteroatoms. The number of aromatic nitrogens is 1. The summed E-state index contributed by atoms with van der Waals surface area (Å²) < 4.78 is 10.5. The van der Waals surface area contributed by atoms with E-state index >= 15 is 0 Å². The summed E-state index contributed by atoms with van der Waals surface area (Å²) >= 11 is 0. The molecule has 0 aliphatic rings. The molecule has 2 heterocycles. The van der Waals surface area contributed by atoms with Crippen LogP contribution in [0.2, 0.25) is 0 Å². The first-order valence-corrected chi connectivity index (χ1v) is 4.77. The zero-order chi connectivity index (χ0) is 11.0. The molecule has 0 radical (unpaired) electrons. The van der Waals surface area contributed by atoms with E-state index in [1.807, 2.05) is 18.2 Å². The van der Waals surface area contributed by atoms with Crippen LogP contribution in [0.25, 0.3) is 22.3 Å². The Bertz CT molecular complexity index is 651. The maximum absolute atomic E-state index is 10.5. The van der Waals surface area contributed by atoms with Crippen molar-refractivity contribution in [3.8, 4) is 11.3 Å². The highest BCUT2D eigenvalue weighted by molar-refractivity contribution is 5.90. The molecule has 3 aromatic rings. The topological polar surface area (TPSA) is 56.2 Å². The van der Waals surface area contributed by atoms with Crippen molar-refractivity contribution in [2.24, 2.45) is 0 Å². The molecule has 0 N–H and O–H groups in total. The summed E-state index contributed by atoms with van der Waals surface area (Å²) in [5.41, 5.74) is 1.46. The molecule has 4 nitrogen and oxygen atoms in total. The third-order valence-corrected chi connectivity index (χ3v) is 2.39. The molecule has 0 spiro atoms. The molecule has 1 aromatic carbocycles. The second kappa shape index (κ2) is 3.34. The smallest absolute Gasteiger partial charge is 0.185 e. The van der Waals surface area contributed by atoms with Crippen LogP contribution < -0.4 is 0 Å². The molecule has 0 unspecified atom stereocenters. The van der Waals surface area contributed by atoms with Crippen LogP contribution >= 0.6 is 0 Å². The Labute approximate surface area is 90.5 Å². The van der Waals surface area contributed by atoms with Crippen LogP contribution in [0, 0.1) is 0 Å². The average Bonchev–Trinajstić information content (AvgIpc) is 2.97. The van der Waals surface area contributed by atoms with Gasteiger partial charge in [-0.2, -0.15) is 0 Å². The zero-order valence-corrected chi connectivity index (χ0v) is 8.21. The highest BCUT2D eigenvalue weighted by Gasteiger charge is 2.10. The molecule has 78 valence electrons. The van der Waals surface area contributed by atoms with Gasteiger partial charge >= 0.3 is 0 Å². The van der Waals surface area contributed by atoms with Gasteiger partial charge in [-0.1, -0.05) is 11.2 Å². The molecule has 0 aliphatic carbocycles. The second-order valence-corrected chi connectivity index (χ2v) is 3.37. The molecular weight excluding hydrogens is 206 g/mol. The first-order valence-electron chi connectivity index (χ1n) is 4.77. The van der Waals surface area contributed by atoms with Crippen LogP contribution in [0.1, 0.15) is 10.6 Å². The van der Waals surface area contributed by atoms with E-state index < -0.39 is 0 Å². The maximum Gasteiger partial charge on any atom is 0.185 e. The van der Waals surface area contributed by atoms with E-state index in [-0.39, 0.29) is 0 Å². The molecule has 0 bridgehead atoms.